The highest BCUT2D eigenvalue weighted by Crippen LogP contribution is 2.32. The summed E-state index contributed by atoms with van der Waals surface area (Å²) < 4.78 is 15.4. The monoisotopic (exact) mass is 273 g/mol. The van der Waals surface area contributed by atoms with Crippen LogP contribution in [0.15, 0.2) is 30.5 Å². The Morgan fingerprint density at radius 1 is 1.35 bits per heavy atom. The maximum Gasteiger partial charge on any atom is 0.203 e. The molecule has 3 rings (SSSR count). The summed E-state index contributed by atoms with van der Waals surface area (Å²) in [5.41, 5.74) is 1.96. The van der Waals surface area contributed by atoms with Crippen molar-refractivity contribution in [1.29, 1.82) is 0 Å². The van der Waals surface area contributed by atoms with E-state index in [0.717, 1.165) is 17.2 Å². The maximum atomic E-state index is 13.2. The standard InChI is InChI=1S/C16H20FN3/c1-12-11-20(15-7-2-3-8-15)16(19-12)18-10-13-5-4-6-14(17)9-13/h4-6,9,11,15H,2-3,7-8,10H2,1H3,(H,18,19). The summed E-state index contributed by atoms with van der Waals surface area (Å²) in [4.78, 5) is 4.55. The van der Waals surface area contributed by atoms with Crippen molar-refractivity contribution in [2.75, 3.05) is 5.32 Å². The van der Waals surface area contributed by atoms with Crippen LogP contribution in [0, 0.1) is 12.7 Å². The summed E-state index contributed by atoms with van der Waals surface area (Å²) in [6.45, 7) is 2.61. The summed E-state index contributed by atoms with van der Waals surface area (Å²) in [7, 11) is 0. The van der Waals surface area contributed by atoms with E-state index in [1.165, 1.54) is 31.7 Å². The molecule has 106 valence electrons. The van der Waals surface area contributed by atoms with Gasteiger partial charge in [-0.1, -0.05) is 25.0 Å². The van der Waals surface area contributed by atoms with E-state index in [4.69, 9.17) is 0 Å². The van der Waals surface area contributed by atoms with Crippen LogP contribution in [0.1, 0.15) is 43.0 Å². The fourth-order valence-electron chi connectivity index (χ4n) is 2.94. The van der Waals surface area contributed by atoms with E-state index in [0.29, 0.717) is 12.6 Å². The van der Waals surface area contributed by atoms with Gasteiger partial charge in [0.15, 0.2) is 0 Å². The van der Waals surface area contributed by atoms with Gasteiger partial charge in [0.1, 0.15) is 5.82 Å². The average Bonchev–Trinajstić information content (AvgIpc) is 3.05. The molecule has 0 bridgehead atoms. The van der Waals surface area contributed by atoms with E-state index >= 15 is 0 Å². The molecule has 1 N–H and O–H groups in total. The van der Waals surface area contributed by atoms with E-state index < -0.39 is 0 Å². The van der Waals surface area contributed by atoms with Crippen molar-refractivity contribution < 1.29 is 4.39 Å². The molecule has 0 spiro atoms. The van der Waals surface area contributed by atoms with E-state index in [1.807, 2.05) is 13.0 Å². The van der Waals surface area contributed by atoms with Crippen molar-refractivity contribution in [3.63, 3.8) is 0 Å². The van der Waals surface area contributed by atoms with Gasteiger partial charge < -0.3 is 9.88 Å². The number of benzene rings is 1. The van der Waals surface area contributed by atoms with Crippen LogP contribution in [0.3, 0.4) is 0 Å². The van der Waals surface area contributed by atoms with Crippen LogP contribution in [-0.2, 0) is 6.54 Å². The second-order valence-corrected chi connectivity index (χ2v) is 5.53. The second-order valence-electron chi connectivity index (χ2n) is 5.53. The van der Waals surface area contributed by atoms with Gasteiger partial charge in [-0.15, -0.1) is 0 Å². The summed E-state index contributed by atoms with van der Waals surface area (Å²) in [5, 5.41) is 3.34. The van der Waals surface area contributed by atoms with Crippen molar-refractivity contribution >= 4 is 5.95 Å². The molecule has 0 atom stereocenters. The number of imidazole rings is 1. The van der Waals surface area contributed by atoms with Gasteiger partial charge in [0.2, 0.25) is 5.95 Å². The zero-order chi connectivity index (χ0) is 13.9. The molecular weight excluding hydrogens is 253 g/mol. The first-order chi connectivity index (χ1) is 9.72. The van der Waals surface area contributed by atoms with Crippen molar-refractivity contribution in [1.82, 2.24) is 9.55 Å². The molecular formula is C16H20FN3. The number of nitrogens with one attached hydrogen (secondary N) is 1. The van der Waals surface area contributed by atoms with Gasteiger partial charge in [0, 0.05) is 18.8 Å². The van der Waals surface area contributed by atoms with Gasteiger partial charge in [0.25, 0.3) is 0 Å². The van der Waals surface area contributed by atoms with Crippen molar-refractivity contribution in [2.45, 2.75) is 45.2 Å². The Morgan fingerprint density at radius 2 is 2.15 bits per heavy atom. The minimum atomic E-state index is -0.195. The highest BCUT2D eigenvalue weighted by atomic mass is 19.1. The van der Waals surface area contributed by atoms with Crippen LogP contribution in [-0.4, -0.2) is 9.55 Å². The highest BCUT2D eigenvalue weighted by Gasteiger charge is 2.19. The van der Waals surface area contributed by atoms with E-state index in [9.17, 15) is 4.39 Å². The Labute approximate surface area is 118 Å². The van der Waals surface area contributed by atoms with Gasteiger partial charge in [-0.25, -0.2) is 9.37 Å². The smallest absolute Gasteiger partial charge is 0.203 e. The molecule has 4 heteroatoms. The quantitative estimate of drug-likeness (QED) is 0.910. The molecule has 3 nitrogen and oxygen atoms in total. The maximum absolute atomic E-state index is 13.2. The lowest BCUT2D eigenvalue weighted by Crippen LogP contribution is -2.10. The molecule has 1 aromatic carbocycles. The first-order valence-corrected chi connectivity index (χ1v) is 7.26. The molecule has 1 aliphatic rings. The Kier molecular flexibility index (Phi) is 3.72. The minimum absolute atomic E-state index is 0.195. The Morgan fingerprint density at radius 3 is 2.90 bits per heavy atom. The number of hydrogen-bond donors (Lipinski definition) is 1. The Bertz CT molecular complexity index is 585. The van der Waals surface area contributed by atoms with E-state index in [2.05, 4.69) is 21.1 Å². The van der Waals surface area contributed by atoms with Gasteiger partial charge in [0.05, 0.1) is 5.69 Å². The lowest BCUT2D eigenvalue weighted by Gasteiger charge is -2.15. The first kappa shape index (κ1) is 13.2. The van der Waals surface area contributed by atoms with Crippen molar-refractivity contribution in [3.05, 3.63) is 47.5 Å². The van der Waals surface area contributed by atoms with Crippen LogP contribution in [0.5, 0.6) is 0 Å². The van der Waals surface area contributed by atoms with Crippen LogP contribution in [0.2, 0.25) is 0 Å². The molecule has 0 unspecified atom stereocenters. The second kappa shape index (κ2) is 5.65. The molecule has 1 saturated carbocycles. The molecule has 0 radical (unpaired) electrons. The van der Waals surface area contributed by atoms with Crippen molar-refractivity contribution in [2.24, 2.45) is 0 Å². The molecule has 1 fully saturated rings. The van der Waals surface area contributed by atoms with Crippen LogP contribution >= 0.6 is 0 Å². The number of nitrogens with zero attached hydrogens (tertiary/aromatic N) is 2. The fraction of sp³-hybridized carbons (Fsp3) is 0.438. The van der Waals surface area contributed by atoms with Gasteiger partial charge in [-0.05, 0) is 37.5 Å². The van der Waals surface area contributed by atoms with Gasteiger partial charge >= 0.3 is 0 Å². The predicted octanol–water partition coefficient (Wildman–Crippen LogP) is 4.06. The number of aromatic nitrogens is 2. The number of hydrogen-bond acceptors (Lipinski definition) is 2. The van der Waals surface area contributed by atoms with Crippen LogP contribution < -0.4 is 5.32 Å². The van der Waals surface area contributed by atoms with Crippen LogP contribution in [0.25, 0.3) is 0 Å². The zero-order valence-electron chi connectivity index (χ0n) is 11.8. The first-order valence-electron chi connectivity index (χ1n) is 7.26. The molecule has 20 heavy (non-hydrogen) atoms. The van der Waals surface area contributed by atoms with Crippen molar-refractivity contribution in [3.8, 4) is 0 Å². The predicted molar refractivity (Wildman–Crippen MR) is 78.2 cm³/mol. The number of anilines is 1. The van der Waals surface area contributed by atoms with Gasteiger partial charge in [-0.2, -0.15) is 0 Å². The molecule has 1 aliphatic carbocycles. The fourth-order valence-corrected chi connectivity index (χ4v) is 2.94. The topological polar surface area (TPSA) is 29.9 Å². The normalized spacial score (nSPS) is 15.7. The SMILES string of the molecule is Cc1cn(C2CCCC2)c(NCc2cccc(F)c2)n1. The average molecular weight is 273 g/mol. The van der Waals surface area contributed by atoms with Crippen LogP contribution in [0.4, 0.5) is 10.3 Å². The third-order valence-corrected chi connectivity index (χ3v) is 3.91. The largest absolute Gasteiger partial charge is 0.352 e. The lowest BCUT2D eigenvalue weighted by molar-refractivity contribution is 0.522. The number of halogens is 1. The third kappa shape index (κ3) is 2.84. The molecule has 0 aliphatic heterocycles. The zero-order valence-corrected chi connectivity index (χ0v) is 11.8. The number of aryl methyl sites for hydroxylation is 1. The summed E-state index contributed by atoms with van der Waals surface area (Å²) in [6, 6.07) is 7.24. The van der Waals surface area contributed by atoms with Gasteiger partial charge in [-0.3, -0.25) is 0 Å². The third-order valence-electron chi connectivity index (χ3n) is 3.91. The summed E-state index contributed by atoms with van der Waals surface area (Å²) in [6.07, 6.45) is 7.16. The Hall–Kier alpha value is -1.84. The minimum Gasteiger partial charge on any atom is -0.352 e. The molecule has 2 aromatic rings. The number of rotatable bonds is 4. The molecule has 1 heterocycles. The Balaban J connectivity index is 1.73. The summed E-state index contributed by atoms with van der Waals surface area (Å²) >= 11 is 0. The highest BCUT2D eigenvalue weighted by molar-refractivity contribution is 5.32. The van der Waals surface area contributed by atoms with E-state index in [1.54, 1.807) is 12.1 Å². The molecule has 0 amide bonds. The lowest BCUT2D eigenvalue weighted by atomic mass is 10.2. The molecule has 0 saturated heterocycles. The summed E-state index contributed by atoms with van der Waals surface area (Å²) in [5.74, 6) is 0.707. The van der Waals surface area contributed by atoms with E-state index in [-0.39, 0.29) is 5.82 Å². The molecule has 1 aromatic heterocycles.